The number of pyridine rings is 1. The minimum atomic E-state index is -0.525. The highest BCUT2D eigenvalue weighted by molar-refractivity contribution is 5.91. The van der Waals surface area contributed by atoms with Crippen LogP contribution in [0, 0.1) is 5.82 Å². The Labute approximate surface area is 125 Å². The van der Waals surface area contributed by atoms with E-state index in [-0.39, 0.29) is 11.6 Å². The molecule has 112 valence electrons. The fourth-order valence-electron chi connectivity index (χ4n) is 2.16. The predicted molar refractivity (Wildman–Crippen MR) is 79.1 cm³/mol. The number of nitrogens with zero attached hydrogens (tertiary/aromatic N) is 1. The maximum atomic E-state index is 13.7. The van der Waals surface area contributed by atoms with Crippen LogP contribution in [0.1, 0.15) is 16.3 Å². The molecule has 0 bridgehead atoms. The van der Waals surface area contributed by atoms with Crippen LogP contribution >= 0.6 is 0 Å². The summed E-state index contributed by atoms with van der Waals surface area (Å²) in [5, 5.41) is 3.83. The molecule has 0 aliphatic carbocycles. The van der Waals surface area contributed by atoms with E-state index in [1.54, 1.807) is 30.3 Å². The molecule has 5 nitrogen and oxygen atoms in total. The number of carbonyl (C=O) groups is 1. The summed E-state index contributed by atoms with van der Waals surface area (Å²) in [7, 11) is 1.29. The molecule has 22 heavy (non-hydrogen) atoms. The molecule has 0 unspecified atom stereocenters. The van der Waals surface area contributed by atoms with Gasteiger partial charge in [0.1, 0.15) is 17.1 Å². The summed E-state index contributed by atoms with van der Waals surface area (Å²) in [6, 6.07) is 9.78. The molecule has 0 atom stereocenters. The van der Waals surface area contributed by atoms with E-state index in [2.05, 4.69) is 15.0 Å². The number of anilines is 1. The smallest absolute Gasteiger partial charge is 0.373 e. The largest absolute Gasteiger partial charge is 0.463 e. The van der Waals surface area contributed by atoms with Gasteiger partial charge >= 0.3 is 5.97 Å². The zero-order chi connectivity index (χ0) is 15.5. The van der Waals surface area contributed by atoms with Crippen molar-refractivity contribution in [3.8, 4) is 0 Å². The van der Waals surface area contributed by atoms with Gasteiger partial charge in [-0.05, 0) is 24.3 Å². The highest BCUT2D eigenvalue weighted by atomic mass is 19.1. The van der Waals surface area contributed by atoms with Gasteiger partial charge in [-0.15, -0.1) is 0 Å². The summed E-state index contributed by atoms with van der Waals surface area (Å²) in [6.45, 7) is 0.354. The Bertz CT molecular complexity index is 829. The minimum Gasteiger partial charge on any atom is -0.463 e. The first-order valence-electron chi connectivity index (χ1n) is 6.63. The summed E-state index contributed by atoms with van der Waals surface area (Å²) in [5.74, 6) is -0.179. The molecule has 0 spiro atoms. The van der Waals surface area contributed by atoms with E-state index in [1.165, 1.54) is 19.4 Å². The number of hydrogen-bond acceptors (Lipinski definition) is 5. The Morgan fingerprint density at radius 1 is 1.32 bits per heavy atom. The van der Waals surface area contributed by atoms with Crippen LogP contribution < -0.4 is 5.32 Å². The molecule has 3 rings (SSSR count). The first kappa shape index (κ1) is 14.1. The van der Waals surface area contributed by atoms with E-state index in [1.807, 2.05) is 0 Å². The SMILES string of the molecule is COC(=O)c1ccc(CNc2ccnc3c(F)cccc23)o1. The molecule has 6 heteroatoms. The second-order valence-corrected chi connectivity index (χ2v) is 4.61. The van der Waals surface area contributed by atoms with Crippen molar-refractivity contribution in [2.24, 2.45) is 0 Å². The number of esters is 1. The predicted octanol–water partition coefficient (Wildman–Crippen LogP) is 3.37. The van der Waals surface area contributed by atoms with Crippen molar-refractivity contribution in [3.05, 3.63) is 59.9 Å². The van der Waals surface area contributed by atoms with Crippen molar-refractivity contribution in [1.29, 1.82) is 0 Å². The maximum Gasteiger partial charge on any atom is 0.373 e. The maximum absolute atomic E-state index is 13.7. The Morgan fingerprint density at radius 2 is 2.18 bits per heavy atom. The van der Waals surface area contributed by atoms with Gasteiger partial charge in [0.15, 0.2) is 0 Å². The van der Waals surface area contributed by atoms with E-state index in [0.29, 0.717) is 23.2 Å². The van der Waals surface area contributed by atoms with Crippen LogP contribution in [-0.4, -0.2) is 18.1 Å². The van der Waals surface area contributed by atoms with Crippen LogP contribution in [0.5, 0.6) is 0 Å². The van der Waals surface area contributed by atoms with Gasteiger partial charge in [0, 0.05) is 17.3 Å². The molecule has 0 radical (unpaired) electrons. The Balaban J connectivity index is 1.81. The third-order valence-corrected chi connectivity index (χ3v) is 3.22. The molecular weight excluding hydrogens is 287 g/mol. The molecule has 0 saturated carbocycles. The molecule has 0 aliphatic heterocycles. The third-order valence-electron chi connectivity index (χ3n) is 3.22. The summed E-state index contributed by atoms with van der Waals surface area (Å²) >= 11 is 0. The van der Waals surface area contributed by atoms with Crippen molar-refractivity contribution in [2.45, 2.75) is 6.54 Å². The Morgan fingerprint density at radius 3 is 3.00 bits per heavy atom. The van der Waals surface area contributed by atoms with Crippen LogP contribution in [0.25, 0.3) is 10.9 Å². The van der Waals surface area contributed by atoms with Gasteiger partial charge in [-0.1, -0.05) is 12.1 Å². The van der Waals surface area contributed by atoms with Gasteiger partial charge in [0.2, 0.25) is 5.76 Å². The zero-order valence-electron chi connectivity index (χ0n) is 11.8. The lowest BCUT2D eigenvalue weighted by Gasteiger charge is -2.08. The number of nitrogens with one attached hydrogen (secondary N) is 1. The summed E-state index contributed by atoms with van der Waals surface area (Å²) in [4.78, 5) is 15.4. The third kappa shape index (κ3) is 2.63. The lowest BCUT2D eigenvalue weighted by molar-refractivity contribution is 0.0563. The molecule has 0 fully saturated rings. The lowest BCUT2D eigenvalue weighted by Crippen LogP contribution is -2.01. The molecule has 1 aromatic carbocycles. The first-order valence-corrected chi connectivity index (χ1v) is 6.63. The van der Waals surface area contributed by atoms with E-state index in [4.69, 9.17) is 4.42 Å². The molecule has 2 aromatic heterocycles. The fourth-order valence-corrected chi connectivity index (χ4v) is 2.16. The molecular formula is C16H13FN2O3. The number of para-hydroxylation sites is 1. The van der Waals surface area contributed by atoms with Crippen LogP contribution in [-0.2, 0) is 11.3 Å². The summed E-state index contributed by atoms with van der Waals surface area (Å²) in [5.41, 5.74) is 1.04. The van der Waals surface area contributed by atoms with Gasteiger partial charge < -0.3 is 14.5 Å². The van der Waals surface area contributed by atoms with Crippen molar-refractivity contribution >= 4 is 22.6 Å². The van der Waals surface area contributed by atoms with Crippen LogP contribution in [0.15, 0.2) is 47.0 Å². The fraction of sp³-hybridized carbons (Fsp3) is 0.125. The number of hydrogen-bond donors (Lipinski definition) is 1. The highest BCUT2D eigenvalue weighted by Crippen LogP contribution is 2.24. The number of carbonyl (C=O) groups excluding carboxylic acids is 1. The highest BCUT2D eigenvalue weighted by Gasteiger charge is 2.11. The summed E-state index contributed by atoms with van der Waals surface area (Å²) in [6.07, 6.45) is 1.54. The number of ether oxygens (including phenoxy) is 1. The quantitative estimate of drug-likeness (QED) is 0.748. The van der Waals surface area contributed by atoms with Crippen molar-refractivity contribution in [3.63, 3.8) is 0 Å². The standard InChI is InChI=1S/C16H13FN2O3/c1-21-16(20)14-6-5-10(22-14)9-19-13-7-8-18-15-11(13)3-2-4-12(15)17/h2-8H,9H2,1H3,(H,18,19). The van der Waals surface area contributed by atoms with Crippen LogP contribution in [0.4, 0.5) is 10.1 Å². The van der Waals surface area contributed by atoms with Crippen LogP contribution in [0.3, 0.4) is 0 Å². The Hall–Kier alpha value is -2.89. The molecule has 2 heterocycles. The first-order chi connectivity index (χ1) is 10.7. The zero-order valence-corrected chi connectivity index (χ0v) is 11.8. The molecule has 0 amide bonds. The molecule has 1 N–H and O–H groups in total. The number of furan rings is 1. The number of aromatic nitrogens is 1. The van der Waals surface area contributed by atoms with Gasteiger partial charge in [-0.2, -0.15) is 0 Å². The van der Waals surface area contributed by atoms with Gasteiger partial charge in [-0.3, -0.25) is 4.98 Å². The number of rotatable bonds is 4. The van der Waals surface area contributed by atoms with Crippen molar-refractivity contribution < 1.29 is 18.3 Å². The van der Waals surface area contributed by atoms with E-state index < -0.39 is 5.97 Å². The van der Waals surface area contributed by atoms with Gasteiger partial charge in [0.25, 0.3) is 0 Å². The number of methoxy groups -OCH3 is 1. The second-order valence-electron chi connectivity index (χ2n) is 4.61. The normalized spacial score (nSPS) is 10.6. The van der Waals surface area contributed by atoms with E-state index >= 15 is 0 Å². The number of halogens is 1. The van der Waals surface area contributed by atoms with Crippen molar-refractivity contribution in [2.75, 3.05) is 12.4 Å². The number of benzene rings is 1. The van der Waals surface area contributed by atoms with Crippen LogP contribution in [0.2, 0.25) is 0 Å². The monoisotopic (exact) mass is 300 g/mol. The van der Waals surface area contributed by atoms with E-state index in [9.17, 15) is 9.18 Å². The topological polar surface area (TPSA) is 64.4 Å². The molecule has 0 saturated heterocycles. The van der Waals surface area contributed by atoms with E-state index in [0.717, 1.165) is 5.69 Å². The summed E-state index contributed by atoms with van der Waals surface area (Å²) < 4.78 is 23.6. The second kappa shape index (κ2) is 5.85. The number of fused-ring (bicyclic) bond motifs is 1. The lowest BCUT2D eigenvalue weighted by atomic mass is 10.2. The van der Waals surface area contributed by atoms with Gasteiger partial charge in [0.05, 0.1) is 13.7 Å². The molecule has 0 aliphatic rings. The average Bonchev–Trinajstić information content (AvgIpc) is 3.01. The minimum absolute atomic E-state index is 0.143. The average molecular weight is 300 g/mol. The molecule has 3 aromatic rings. The van der Waals surface area contributed by atoms with Gasteiger partial charge in [-0.25, -0.2) is 9.18 Å². The Kier molecular flexibility index (Phi) is 3.74. The van der Waals surface area contributed by atoms with Crippen molar-refractivity contribution in [1.82, 2.24) is 4.98 Å².